The van der Waals surface area contributed by atoms with Gasteiger partial charge in [0.2, 0.25) is 0 Å². The quantitative estimate of drug-likeness (QED) is 0.555. The highest BCUT2D eigenvalue weighted by Crippen LogP contribution is 2.21. The second-order valence-corrected chi connectivity index (χ2v) is 6.25. The highest BCUT2D eigenvalue weighted by Gasteiger charge is 2.11. The van der Waals surface area contributed by atoms with Crippen molar-refractivity contribution in [3.8, 4) is 0 Å². The lowest BCUT2D eigenvalue weighted by molar-refractivity contribution is 0.460. The first kappa shape index (κ1) is 17.6. The summed E-state index contributed by atoms with van der Waals surface area (Å²) in [5.41, 5.74) is 1.06. The maximum atomic E-state index is 13.3. The number of rotatable bonds is 10. The Kier molecular flexibility index (Phi) is 9.12. The van der Waals surface area contributed by atoms with Gasteiger partial charge in [0.15, 0.2) is 0 Å². The zero-order valence-electron chi connectivity index (χ0n) is 12.7. The smallest absolute Gasteiger partial charge is 0.123 e. The summed E-state index contributed by atoms with van der Waals surface area (Å²) in [4.78, 5) is 0. The van der Waals surface area contributed by atoms with E-state index in [0.29, 0.717) is 6.04 Å². The van der Waals surface area contributed by atoms with E-state index >= 15 is 0 Å². The van der Waals surface area contributed by atoms with Gasteiger partial charge in [-0.25, -0.2) is 4.39 Å². The molecule has 1 unspecified atom stereocenters. The highest BCUT2D eigenvalue weighted by molar-refractivity contribution is 9.10. The van der Waals surface area contributed by atoms with E-state index in [1.165, 1.54) is 44.6 Å². The Labute approximate surface area is 131 Å². The monoisotopic (exact) mass is 343 g/mol. The van der Waals surface area contributed by atoms with Crippen LogP contribution in [0.1, 0.15) is 57.9 Å². The molecule has 114 valence electrons. The molecule has 1 nitrogen and oxygen atoms in total. The van der Waals surface area contributed by atoms with Crippen molar-refractivity contribution in [3.63, 3.8) is 0 Å². The molecule has 1 rings (SSSR count). The summed E-state index contributed by atoms with van der Waals surface area (Å²) in [6.07, 6.45) is 8.57. The van der Waals surface area contributed by atoms with Crippen LogP contribution < -0.4 is 5.32 Å². The van der Waals surface area contributed by atoms with E-state index in [9.17, 15) is 4.39 Å². The van der Waals surface area contributed by atoms with Crippen molar-refractivity contribution >= 4 is 15.9 Å². The molecule has 20 heavy (non-hydrogen) atoms. The van der Waals surface area contributed by atoms with Crippen LogP contribution in [0.3, 0.4) is 0 Å². The van der Waals surface area contributed by atoms with Crippen molar-refractivity contribution in [2.24, 2.45) is 0 Å². The number of halogens is 2. The fourth-order valence-corrected chi connectivity index (χ4v) is 2.93. The second kappa shape index (κ2) is 10.3. The first-order chi connectivity index (χ1) is 9.67. The maximum absolute atomic E-state index is 13.3. The van der Waals surface area contributed by atoms with E-state index in [1.54, 1.807) is 12.1 Å². The van der Waals surface area contributed by atoms with Crippen LogP contribution in [0.5, 0.6) is 0 Å². The number of hydrogen-bond acceptors (Lipinski definition) is 1. The predicted molar refractivity (Wildman–Crippen MR) is 88.6 cm³/mol. The van der Waals surface area contributed by atoms with E-state index < -0.39 is 0 Å². The highest BCUT2D eigenvalue weighted by atomic mass is 79.9. The lowest BCUT2D eigenvalue weighted by Gasteiger charge is -2.19. The average Bonchev–Trinajstić information content (AvgIpc) is 2.42. The molecule has 0 heterocycles. The minimum Gasteiger partial charge on any atom is -0.314 e. The van der Waals surface area contributed by atoms with Crippen molar-refractivity contribution in [2.45, 2.75) is 64.8 Å². The summed E-state index contributed by atoms with van der Waals surface area (Å²) >= 11 is 3.52. The van der Waals surface area contributed by atoms with Crippen LogP contribution in [0.15, 0.2) is 22.7 Å². The lowest BCUT2D eigenvalue weighted by Crippen LogP contribution is -2.31. The molecule has 1 aromatic carbocycles. The molecular weight excluding hydrogens is 317 g/mol. The molecule has 0 spiro atoms. The fraction of sp³-hybridized carbons (Fsp3) is 0.647. The number of hydrogen-bond donors (Lipinski definition) is 1. The molecule has 0 aliphatic rings. The Bertz CT molecular complexity index is 381. The van der Waals surface area contributed by atoms with Crippen LogP contribution in [-0.4, -0.2) is 12.6 Å². The van der Waals surface area contributed by atoms with Crippen LogP contribution in [0, 0.1) is 5.82 Å². The van der Waals surface area contributed by atoms with Crippen molar-refractivity contribution in [1.82, 2.24) is 5.32 Å². The Morgan fingerprint density at radius 1 is 1.15 bits per heavy atom. The zero-order valence-corrected chi connectivity index (χ0v) is 14.3. The molecule has 1 atom stereocenters. The molecule has 0 amide bonds. The molecule has 0 aromatic heterocycles. The number of likely N-dealkylation sites (N-methyl/N-ethyl adjacent to an activating group) is 1. The maximum Gasteiger partial charge on any atom is 0.123 e. The molecule has 0 bridgehead atoms. The largest absolute Gasteiger partial charge is 0.314 e. The van der Waals surface area contributed by atoms with Crippen molar-refractivity contribution in [2.75, 3.05) is 6.54 Å². The summed E-state index contributed by atoms with van der Waals surface area (Å²) in [5, 5.41) is 3.53. The molecule has 0 radical (unpaired) electrons. The molecule has 0 aliphatic heterocycles. The average molecular weight is 344 g/mol. The fourth-order valence-electron chi connectivity index (χ4n) is 2.52. The Morgan fingerprint density at radius 3 is 2.60 bits per heavy atom. The van der Waals surface area contributed by atoms with Gasteiger partial charge in [0.1, 0.15) is 5.82 Å². The summed E-state index contributed by atoms with van der Waals surface area (Å²) < 4.78 is 14.3. The SMILES string of the molecule is CCCCCCCC(Cc1cc(F)ccc1Br)NCC. The van der Waals surface area contributed by atoms with Gasteiger partial charge < -0.3 is 5.32 Å². The van der Waals surface area contributed by atoms with Crippen molar-refractivity contribution < 1.29 is 4.39 Å². The van der Waals surface area contributed by atoms with Crippen LogP contribution in [-0.2, 0) is 6.42 Å². The molecule has 0 saturated heterocycles. The molecule has 0 fully saturated rings. The molecule has 0 saturated carbocycles. The van der Waals surface area contributed by atoms with Crippen LogP contribution in [0.2, 0.25) is 0 Å². The third-order valence-electron chi connectivity index (χ3n) is 3.62. The van der Waals surface area contributed by atoms with Gasteiger partial charge in [-0.1, -0.05) is 61.9 Å². The van der Waals surface area contributed by atoms with Gasteiger partial charge in [-0.3, -0.25) is 0 Å². The third kappa shape index (κ3) is 6.85. The molecule has 1 N–H and O–H groups in total. The molecule has 3 heteroatoms. The minimum atomic E-state index is -0.151. The van der Waals surface area contributed by atoms with Gasteiger partial charge in [-0.05, 0) is 43.1 Å². The van der Waals surface area contributed by atoms with Gasteiger partial charge in [0.25, 0.3) is 0 Å². The first-order valence-electron chi connectivity index (χ1n) is 7.84. The van der Waals surface area contributed by atoms with Crippen molar-refractivity contribution in [3.05, 3.63) is 34.1 Å². The Morgan fingerprint density at radius 2 is 1.90 bits per heavy atom. The first-order valence-corrected chi connectivity index (χ1v) is 8.64. The van der Waals surface area contributed by atoms with Crippen LogP contribution in [0.25, 0.3) is 0 Å². The Balaban J connectivity index is 2.47. The topological polar surface area (TPSA) is 12.0 Å². The lowest BCUT2D eigenvalue weighted by atomic mass is 9.99. The zero-order chi connectivity index (χ0) is 14.8. The normalized spacial score (nSPS) is 12.6. The number of nitrogens with one attached hydrogen (secondary N) is 1. The van der Waals surface area contributed by atoms with Gasteiger partial charge in [-0.2, -0.15) is 0 Å². The van der Waals surface area contributed by atoms with Crippen LogP contribution >= 0.6 is 15.9 Å². The minimum absolute atomic E-state index is 0.151. The molecule has 1 aromatic rings. The van der Waals surface area contributed by atoms with Gasteiger partial charge in [0.05, 0.1) is 0 Å². The number of unbranched alkanes of at least 4 members (excludes halogenated alkanes) is 4. The Hall–Kier alpha value is -0.410. The van der Waals surface area contributed by atoms with E-state index in [-0.39, 0.29) is 5.82 Å². The molecular formula is C17H27BrFN. The van der Waals surface area contributed by atoms with Crippen molar-refractivity contribution in [1.29, 1.82) is 0 Å². The summed E-state index contributed by atoms with van der Waals surface area (Å²) in [6, 6.07) is 5.39. The predicted octanol–water partition coefficient (Wildman–Crippen LogP) is 5.47. The van der Waals surface area contributed by atoms with Gasteiger partial charge >= 0.3 is 0 Å². The second-order valence-electron chi connectivity index (χ2n) is 5.40. The summed E-state index contributed by atoms with van der Waals surface area (Å²) in [6.45, 7) is 5.33. The molecule has 0 aliphatic carbocycles. The van der Waals surface area contributed by atoms with Crippen LogP contribution in [0.4, 0.5) is 4.39 Å². The van der Waals surface area contributed by atoms with E-state index in [0.717, 1.165) is 23.0 Å². The third-order valence-corrected chi connectivity index (χ3v) is 4.40. The van der Waals surface area contributed by atoms with Gasteiger partial charge in [0, 0.05) is 10.5 Å². The van der Waals surface area contributed by atoms with Gasteiger partial charge in [-0.15, -0.1) is 0 Å². The summed E-state index contributed by atoms with van der Waals surface area (Å²) in [7, 11) is 0. The standard InChI is InChI=1S/C17H27BrFN/c1-3-5-6-7-8-9-16(20-4-2)13-14-12-15(19)10-11-17(14)18/h10-12,16,20H,3-9,13H2,1-2H3. The van der Waals surface area contributed by atoms with E-state index in [4.69, 9.17) is 0 Å². The number of benzene rings is 1. The van der Waals surface area contributed by atoms with E-state index in [1.807, 2.05) is 0 Å². The summed E-state index contributed by atoms with van der Waals surface area (Å²) in [5.74, 6) is -0.151. The van der Waals surface area contributed by atoms with E-state index in [2.05, 4.69) is 35.1 Å².